The van der Waals surface area contributed by atoms with E-state index < -0.39 is 36.3 Å². The van der Waals surface area contributed by atoms with Crippen LogP contribution in [0.1, 0.15) is 85.1 Å². The average Bonchev–Trinajstić information content (AvgIpc) is 3.93. The monoisotopic (exact) mass is 882 g/mol. The number of aliphatic hydroxyl groups excluding tert-OH is 1. The van der Waals surface area contributed by atoms with Crippen molar-refractivity contribution in [3.8, 4) is 0 Å². The second-order valence-corrected chi connectivity index (χ2v) is 17.1. The van der Waals surface area contributed by atoms with E-state index in [1.165, 1.54) is 0 Å². The summed E-state index contributed by atoms with van der Waals surface area (Å²) in [7, 11) is 6.92. The quantitative estimate of drug-likeness (QED) is 0.113. The standard InChI is InChI=1S/C41H67IN6O7/c1-10-25(4)36(47(7)41(53)35(24(2)3)44-40(52)37-28-15-18-31(21-28)46(37)6)33(54-8)22-34(50)48-19-11-12-32(48)38(55-9)26(5)39(51)43-30(23-49)20-27-13-16-29(45-42)17-14-27/h13-14,16-17,24-26,28,30-33,35-38,45,49H,10-12,15,18-23H2,1-9H3,(H,43,51)(H,44,52)/t25?,26?,28?,30-,31?,32?,33?,35?,36?,37?,38?/m0/s1. The number of carbonyl (C=O) groups excluding carboxylic acids is 4. The van der Waals surface area contributed by atoms with Gasteiger partial charge in [0.05, 0.1) is 78.2 Å². The minimum Gasteiger partial charge on any atom is -0.394 e. The Bertz CT molecular complexity index is 1430. The number of anilines is 1. The minimum atomic E-state index is -0.716. The highest BCUT2D eigenvalue weighted by atomic mass is 127. The lowest BCUT2D eigenvalue weighted by molar-refractivity contribution is -0.148. The molecule has 1 aromatic carbocycles. The Kier molecular flexibility index (Phi) is 17.1. The number of amides is 4. The molecule has 11 atom stereocenters. The van der Waals surface area contributed by atoms with Gasteiger partial charge in [-0.15, -0.1) is 0 Å². The van der Waals surface area contributed by atoms with E-state index in [9.17, 15) is 24.3 Å². The lowest BCUT2D eigenvalue weighted by Gasteiger charge is -2.41. The van der Waals surface area contributed by atoms with Crippen LogP contribution in [0, 0.1) is 23.7 Å². The number of likely N-dealkylation sites (N-methyl/N-ethyl adjacent to an activating group) is 2. The molecule has 14 heteroatoms. The molecule has 10 unspecified atom stereocenters. The Morgan fingerprint density at radius 2 is 1.71 bits per heavy atom. The minimum absolute atomic E-state index is 0.00269. The molecule has 1 saturated carbocycles. The lowest BCUT2D eigenvalue weighted by atomic mass is 9.89. The van der Waals surface area contributed by atoms with Gasteiger partial charge in [0.2, 0.25) is 23.6 Å². The molecule has 2 saturated heterocycles. The van der Waals surface area contributed by atoms with Crippen molar-refractivity contribution in [2.75, 3.05) is 45.0 Å². The molecule has 4 rings (SSSR count). The number of ether oxygens (including phenoxy) is 2. The zero-order valence-electron chi connectivity index (χ0n) is 34.4. The summed E-state index contributed by atoms with van der Waals surface area (Å²) in [5, 5.41) is 16.3. The third-order valence-corrected chi connectivity index (χ3v) is 13.4. The average molecular weight is 883 g/mol. The fourth-order valence-corrected chi connectivity index (χ4v) is 9.73. The summed E-state index contributed by atoms with van der Waals surface area (Å²) in [5.74, 6) is -1.07. The molecular formula is C41H67IN6O7. The van der Waals surface area contributed by atoms with Gasteiger partial charge in [-0.1, -0.05) is 53.2 Å². The van der Waals surface area contributed by atoms with Crippen molar-refractivity contribution in [2.45, 2.75) is 134 Å². The SMILES string of the molecule is CCC(C)C(C(CC(=O)N1CCCC1C(OC)C(C)C(=O)N[C@H](CO)Cc1ccc(NI)cc1)OC)N(C)C(=O)C(NC(=O)C1C2CCC(C2)N1C)C(C)C. The zero-order valence-corrected chi connectivity index (χ0v) is 36.6. The van der Waals surface area contributed by atoms with Gasteiger partial charge in [0, 0.05) is 39.5 Å². The van der Waals surface area contributed by atoms with Crippen molar-refractivity contribution >= 4 is 52.2 Å². The van der Waals surface area contributed by atoms with Crippen molar-refractivity contribution in [3.63, 3.8) is 0 Å². The maximum absolute atomic E-state index is 14.3. The molecule has 310 valence electrons. The zero-order chi connectivity index (χ0) is 40.6. The number of hydrogen-bond acceptors (Lipinski definition) is 9. The molecule has 1 aromatic rings. The van der Waals surface area contributed by atoms with Crippen LogP contribution in [0.15, 0.2) is 24.3 Å². The summed E-state index contributed by atoms with van der Waals surface area (Å²) in [5.41, 5.74) is 1.95. The molecular weight excluding hydrogens is 815 g/mol. The normalized spacial score (nSPS) is 24.8. The molecule has 2 heterocycles. The molecule has 4 amide bonds. The van der Waals surface area contributed by atoms with Gasteiger partial charge in [-0.05, 0) is 81.0 Å². The number of piperidine rings is 1. The van der Waals surface area contributed by atoms with E-state index >= 15 is 0 Å². The fourth-order valence-electron chi connectivity index (χ4n) is 9.37. The lowest BCUT2D eigenvalue weighted by Crippen LogP contribution is -2.60. The number of nitrogens with zero attached hydrogens (tertiary/aromatic N) is 3. The van der Waals surface area contributed by atoms with Crippen molar-refractivity contribution in [1.29, 1.82) is 0 Å². The Morgan fingerprint density at radius 1 is 1.02 bits per heavy atom. The summed E-state index contributed by atoms with van der Waals surface area (Å²) in [6, 6.07) is 6.08. The van der Waals surface area contributed by atoms with Gasteiger partial charge in [0.15, 0.2) is 0 Å². The van der Waals surface area contributed by atoms with Gasteiger partial charge >= 0.3 is 0 Å². The Balaban J connectivity index is 1.44. The Morgan fingerprint density at radius 3 is 2.25 bits per heavy atom. The number of hydrogen-bond donors (Lipinski definition) is 4. The largest absolute Gasteiger partial charge is 0.394 e. The number of carbonyl (C=O) groups is 4. The summed E-state index contributed by atoms with van der Waals surface area (Å²) >= 11 is 2.07. The first kappa shape index (κ1) is 45.2. The predicted octanol–water partition coefficient (Wildman–Crippen LogP) is 4.01. The van der Waals surface area contributed by atoms with Crippen molar-refractivity contribution < 1.29 is 33.8 Å². The molecule has 0 spiro atoms. The van der Waals surface area contributed by atoms with Gasteiger partial charge in [-0.2, -0.15) is 0 Å². The molecule has 13 nitrogen and oxygen atoms in total. The van der Waals surface area contributed by atoms with E-state index in [1.807, 2.05) is 50.1 Å². The maximum atomic E-state index is 14.3. The van der Waals surface area contributed by atoms with E-state index in [0.717, 1.165) is 43.4 Å². The van der Waals surface area contributed by atoms with Crippen LogP contribution in [0.25, 0.3) is 0 Å². The smallest absolute Gasteiger partial charge is 0.245 e. The molecule has 3 fully saturated rings. The molecule has 2 aliphatic heterocycles. The second kappa shape index (κ2) is 20.8. The summed E-state index contributed by atoms with van der Waals surface area (Å²) < 4.78 is 15.1. The van der Waals surface area contributed by atoms with Crippen LogP contribution >= 0.6 is 22.9 Å². The van der Waals surface area contributed by atoms with Crippen LogP contribution in [-0.2, 0) is 35.1 Å². The van der Waals surface area contributed by atoms with Gasteiger partial charge in [-0.3, -0.25) is 24.1 Å². The molecule has 0 aromatic heterocycles. The number of benzene rings is 1. The number of likely N-dealkylation sites (tertiary alicyclic amines) is 2. The number of fused-ring (bicyclic) bond motifs is 2. The predicted molar refractivity (Wildman–Crippen MR) is 222 cm³/mol. The Hall–Kier alpha value is -2.53. The highest BCUT2D eigenvalue weighted by Gasteiger charge is 2.48. The Labute approximate surface area is 342 Å². The summed E-state index contributed by atoms with van der Waals surface area (Å²) in [6.07, 6.45) is 4.73. The number of methoxy groups -OCH3 is 2. The van der Waals surface area contributed by atoms with Crippen molar-refractivity contribution in [1.82, 2.24) is 25.3 Å². The first-order valence-electron chi connectivity index (χ1n) is 20.2. The van der Waals surface area contributed by atoms with Gasteiger partial charge in [-0.25, -0.2) is 0 Å². The van der Waals surface area contributed by atoms with Crippen molar-refractivity contribution in [3.05, 3.63) is 29.8 Å². The molecule has 3 aliphatic rings. The highest BCUT2D eigenvalue weighted by molar-refractivity contribution is 14.1. The number of halogens is 1. The van der Waals surface area contributed by atoms with Crippen LogP contribution in [0.3, 0.4) is 0 Å². The van der Waals surface area contributed by atoms with Crippen LogP contribution in [0.2, 0.25) is 0 Å². The third-order valence-electron chi connectivity index (χ3n) is 12.8. The van der Waals surface area contributed by atoms with E-state index in [2.05, 4.69) is 55.8 Å². The van der Waals surface area contributed by atoms with Crippen molar-refractivity contribution in [2.24, 2.45) is 23.7 Å². The molecule has 0 radical (unpaired) electrons. The topological polar surface area (TPSA) is 153 Å². The van der Waals surface area contributed by atoms with E-state index in [4.69, 9.17) is 9.47 Å². The van der Waals surface area contributed by atoms with Gasteiger partial charge in [0.25, 0.3) is 0 Å². The van der Waals surface area contributed by atoms with Crippen LogP contribution < -0.4 is 14.2 Å². The number of aliphatic hydroxyl groups is 1. The molecule has 55 heavy (non-hydrogen) atoms. The van der Waals surface area contributed by atoms with E-state index in [-0.39, 0.29) is 60.6 Å². The molecule has 1 aliphatic carbocycles. The fraction of sp³-hybridized carbons (Fsp3) is 0.756. The van der Waals surface area contributed by atoms with Crippen LogP contribution in [0.4, 0.5) is 5.69 Å². The second-order valence-electron chi connectivity index (χ2n) is 16.5. The molecule has 2 bridgehead atoms. The highest BCUT2D eigenvalue weighted by Crippen LogP contribution is 2.41. The third kappa shape index (κ3) is 10.7. The maximum Gasteiger partial charge on any atom is 0.245 e. The number of nitrogens with one attached hydrogen (secondary N) is 3. The molecule has 4 N–H and O–H groups in total. The first-order chi connectivity index (χ1) is 26.2. The number of rotatable bonds is 20. The van der Waals surface area contributed by atoms with Gasteiger partial charge in [0.1, 0.15) is 6.04 Å². The van der Waals surface area contributed by atoms with Crippen LogP contribution in [-0.4, -0.2) is 133 Å². The van der Waals surface area contributed by atoms with Crippen LogP contribution in [0.5, 0.6) is 0 Å². The van der Waals surface area contributed by atoms with E-state index in [0.29, 0.717) is 31.3 Å². The summed E-state index contributed by atoms with van der Waals surface area (Å²) in [4.78, 5) is 61.5. The summed E-state index contributed by atoms with van der Waals surface area (Å²) in [6.45, 7) is 10.1. The van der Waals surface area contributed by atoms with E-state index in [1.54, 1.807) is 33.1 Å². The van der Waals surface area contributed by atoms with Gasteiger partial charge < -0.3 is 38.5 Å². The first-order valence-corrected chi connectivity index (χ1v) is 21.3.